The van der Waals surface area contributed by atoms with Crippen molar-refractivity contribution in [2.75, 3.05) is 25.1 Å². The molecule has 2 heterocycles. The Hall–Kier alpha value is -2.76. The molecular weight excluding hydrogens is 362 g/mol. The highest BCUT2D eigenvalue weighted by atomic mass is 16.5. The summed E-state index contributed by atoms with van der Waals surface area (Å²) >= 11 is 0. The van der Waals surface area contributed by atoms with Crippen LogP contribution in [0.5, 0.6) is 0 Å². The molecule has 1 saturated heterocycles. The SMILES string of the molecule is c1ccc(COCc2ncncc2-c2ccc(NCC3CCOCC3)cc2)cc1. The van der Waals surface area contributed by atoms with Crippen LogP contribution < -0.4 is 5.32 Å². The van der Waals surface area contributed by atoms with Gasteiger partial charge in [-0.15, -0.1) is 0 Å². The predicted octanol–water partition coefficient (Wildman–Crippen LogP) is 4.70. The van der Waals surface area contributed by atoms with E-state index in [0.717, 1.165) is 60.7 Å². The van der Waals surface area contributed by atoms with E-state index in [1.165, 1.54) is 0 Å². The number of benzene rings is 2. The van der Waals surface area contributed by atoms with Gasteiger partial charge in [0.2, 0.25) is 0 Å². The average molecular weight is 389 g/mol. The lowest BCUT2D eigenvalue weighted by Gasteiger charge is -2.22. The zero-order chi connectivity index (χ0) is 19.7. The van der Waals surface area contributed by atoms with Gasteiger partial charge in [-0.1, -0.05) is 42.5 Å². The zero-order valence-corrected chi connectivity index (χ0v) is 16.6. The van der Waals surface area contributed by atoms with Crippen molar-refractivity contribution in [3.8, 4) is 11.1 Å². The molecule has 0 spiro atoms. The maximum atomic E-state index is 5.88. The van der Waals surface area contributed by atoms with Crippen molar-refractivity contribution in [2.24, 2.45) is 5.92 Å². The lowest BCUT2D eigenvalue weighted by atomic mass is 10.0. The molecule has 4 rings (SSSR count). The summed E-state index contributed by atoms with van der Waals surface area (Å²) in [5, 5.41) is 3.55. The number of nitrogens with one attached hydrogen (secondary N) is 1. The van der Waals surface area contributed by atoms with Gasteiger partial charge in [-0.2, -0.15) is 0 Å². The summed E-state index contributed by atoms with van der Waals surface area (Å²) < 4.78 is 11.3. The molecule has 150 valence electrons. The molecule has 1 aliphatic rings. The molecule has 0 saturated carbocycles. The smallest absolute Gasteiger partial charge is 0.115 e. The highest BCUT2D eigenvalue weighted by Crippen LogP contribution is 2.24. The molecule has 0 radical (unpaired) electrons. The molecule has 0 atom stereocenters. The summed E-state index contributed by atoms with van der Waals surface area (Å²) in [6, 6.07) is 18.6. The fourth-order valence-corrected chi connectivity index (χ4v) is 3.53. The lowest BCUT2D eigenvalue weighted by molar-refractivity contribution is 0.0699. The van der Waals surface area contributed by atoms with E-state index in [1.54, 1.807) is 6.33 Å². The molecule has 5 nitrogen and oxygen atoms in total. The first-order valence-electron chi connectivity index (χ1n) is 10.2. The van der Waals surface area contributed by atoms with Crippen LogP contribution in [0.4, 0.5) is 5.69 Å². The zero-order valence-electron chi connectivity index (χ0n) is 16.6. The van der Waals surface area contributed by atoms with E-state index in [4.69, 9.17) is 9.47 Å². The van der Waals surface area contributed by atoms with Gasteiger partial charge in [0, 0.05) is 37.2 Å². The molecule has 0 aliphatic carbocycles. The molecule has 5 heteroatoms. The topological polar surface area (TPSA) is 56.3 Å². The monoisotopic (exact) mass is 389 g/mol. The molecule has 1 aromatic heterocycles. The third-order valence-electron chi connectivity index (χ3n) is 5.28. The van der Waals surface area contributed by atoms with Crippen molar-refractivity contribution in [3.05, 3.63) is 78.4 Å². The highest BCUT2D eigenvalue weighted by molar-refractivity contribution is 5.67. The second-order valence-electron chi connectivity index (χ2n) is 7.38. The summed E-state index contributed by atoms with van der Waals surface area (Å²) in [7, 11) is 0. The summed E-state index contributed by atoms with van der Waals surface area (Å²) in [5.41, 5.74) is 5.30. The van der Waals surface area contributed by atoms with E-state index in [1.807, 2.05) is 24.4 Å². The van der Waals surface area contributed by atoms with Crippen LogP contribution in [0.1, 0.15) is 24.1 Å². The maximum absolute atomic E-state index is 5.88. The standard InChI is InChI=1S/C24H27N3O2/c1-2-4-20(5-3-1)16-29-17-24-23(15-25-18-27-24)21-6-8-22(9-7-21)26-14-19-10-12-28-13-11-19/h1-9,15,18-19,26H,10-14,16-17H2. The first-order valence-corrected chi connectivity index (χ1v) is 10.2. The molecule has 1 aliphatic heterocycles. The third kappa shape index (κ3) is 5.62. The first kappa shape index (κ1) is 19.6. The van der Waals surface area contributed by atoms with Crippen molar-refractivity contribution >= 4 is 5.69 Å². The summed E-state index contributed by atoms with van der Waals surface area (Å²) in [5.74, 6) is 0.694. The molecule has 1 N–H and O–H groups in total. The van der Waals surface area contributed by atoms with Crippen LogP contribution in [0, 0.1) is 5.92 Å². The Bertz CT molecular complexity index is 878. The molecular formula is C24H27N3O2. The Labute approximate surface area is 172 Å². The van der Waals surface area contributed by atoms with Gasteiger partial charge >= 0.3 is 0 Å². The largest absolute Gasteiger partial charge is 0.385 e. The van der Waals surface area contributed by atoms with Crippen molar-refractivity contribution < 1.29 is 9.47 Å². The van der Waals surface area contributed by atoms with E-state index in [9.17, 15) is 0 Å². The number of hydrogen-bond donors (Lipinski definition) is 1. The maximum Gasteiger partial charge on any atom is 0.115 e. The normalized spacial score (nSPS) is 14.6. The number of rotatable bonds is 8. The first-order chi connectivity index (χ1) is 14.4. The third-order valence-corrected chi connectivity index (χ3v) is 5.28. The van der Waals surface area contributed by atoms with Crippen LogP contribution in [0.2, 0.25) is 0 Å². The van der Waals surface area contributed by atoms with Crippen molar-refractivity contribution in [1.82, 2.24) is 9.97 Å². The summed E-state index contributed by atoms with van der Waals surface area (Å²) in [6.45, 7) is 3.79. The van der Waals surface area contributed by atoms with E-state index in [2.05, 4.69) is 51.7 Å². The number of anilines is 1. The number of ether oxygens (including phenoxy) is 2. The second-order valence-corrected chi connectivity index (χ2v) is 7.38. The molecule has 29 heavy (non-hydrogen) atoms. The number of hydrogen-bond acceptors (Lipinski definition) is 5. The van der Waals surface area contributed by atoms with Gasteiger partial charge < -0.3 is 14.8 Å². The van der Waals surface area contributed by atoms with Crippen molar-refractivity contribution in [2.45, 2.75) is 26.1 Å². The fourth-order valence-electron chi connectivity index (χ4n) is 3.53. The Morgan fingerprint density at radius 1 is 0.966 bits per heavy atom. The Kier molecular flexibility index (Phi) is 6.84. The predicted molar refractivity (Wildman–Crippen MR) is 114 cm³/mol. The van der Waals surface area contributed by atoms with E-state index >= 15 is 0 Å². The minimum atomic E-state index is 0.455. The molecule has 0 bridgehead atoms. The molecule has 3 aromatic rings. The van der Waals surface area contributed by atoms with Gasteiger partial charge in [-0.25, -0.2) is 9.97 Å². The highest BCUT2D eigenvalue weighted by Gasteiger charge is 2.13. The fraction of sp³-hybridized carbons (Fsp3) is 0.333. The minimum absolute atomic E-state index is 0.455. The van der Waals surface area contributed by atoms with Gasteiger partial charge in [-0.3, -0.25) is 0 Å². The Balaban J connectivity index is 1.36. The van der Waals surface area contributed by atoms with Gasteiger partial charge in [0.15, 0.2) is 0 Å². The van der Waals surface area contributed by atoms with Crippen LogP contribution in [-0.4, -0.2) is 29.7 Å². The second kappa shape index (κ2) is 10.1. The lowest BCUT2D eigenvalue weighted by Crippen LogP contribution is -2.22. The van der Waals surface area contributed by atoms with E-state index in [0.29, 0.717) is 19.1 Å². The van der Waals surface area contributed by atoms with Crippen molar-refractivity contribution in [1.29, 1.82) is 0 Å². The molecule has 0 amide bonds. The van der Waals surface area contributed by atoms with Gasteiger partial charge in [-0.05, 0) is 42.0 Å². The van der Waals surface area contributed by atoms with E-state index < -0.39 is 0 Å². The minimum Gasteiger partial charge on any atom is -0.385 e. The Morgan fingerprint density at radius 3 is 2.55 bits per heavy atom. The van der Waals surface area contributed by atoms with Gasteiger partial charge in [0.1, 0.15) is 6.33 Å². The quantitative estimate of drug-likeness (QED) is 0.605. The van der Waals surface area contributed by atoms with Crippen LogP contribution in [0.25, 0.3) is 11.1 Å². The van der Waals surface area contributed by atoms with Crippen molar-refractivity contribution in [3.63, 3.8) is 0 Å². The summed E-state index contributed by atoms with van der Waals surface area (Å²) in [4.78, 5) is 8.66. The van der Waals surface area contributed by atoms with Crippen LogP contribution >= 0.6 is 0 Å². The van der Waals surface area contributed by atoms with Crippen LogP contribution in [0.3, 0.4) is 0 Å². The van der Waals surface area contributed by atoms with Crippen LogP contribution in [-0.2, 0) is 22.7 Å². The molecule has 1 fully saturated rings. The summed E-state index contributed by atoms with van der Waals surface area (Å²) in [6.07, 6.45) is 5.71. The Morgan fingerprint density at radius 2 is 1.76 bits per heavy atom. The van der Waals surface area contributed by atoms with E-state index in [-0.39, 0.29) is 0 Å². The number of nitrogens with zero attached hydrogens (tertiary/aromatic N) is 2. The van der Waals surface area contributed by atoms with Crippen LogP contribution in [0.15, 0.2) is 67.1 Å². The van der Waals surface area contributed by atoms with Gasteiger partial charge in [0.05, 0.1) is 18.9 Å². The molecule has 2 aromatic carbocycles. The van der Waals surface area contributed by atoms with Gasteiger partial charge in [0.25, 0.3) is 0 Å². The molecule has 0 unspecified atom stereocenters. The average Bonchev–Trinajstić information content (AvgIpc) is 2.80. The number of aromatic nitrogens is 2.